The summed E-state index contributed by atoms with van der Waals surface area (Å²) in [4.78, 5) is 11.6. The average Bonchev–Trinajstić information content (AvgIpc) is 2.41. The fraction of sp³-hybridized carbons (Fsp3) is 0.357. The molecule has 0 radical (unpaired) electrons. The number of hydrogen-bond acceptors (Lipinski definition) is 2. The number of ether oxygens (including phenoxy) is 1. The molecule has 0 saturated heterocycles. The maximum atomic E-state index is 13.7. The van der Waals surface area contributed by atoms with Crippen molar-refractivity contribution in [2.75, 3.05) is 19.8 Å². The van der Waals surface area contributed by atoms with Crippen LogP contribution in [0.3, 0.4) is 0 Å². The van der Waals surface area contributed by atoms with Crippen LogP contribution in [0.25, 0.3) is 0 Å². The molecule has 0 saturated carbocycles. The molecule has 21 heavy (non-hydrogen) atoms. The number of halogens is 4. The second kappa shape index (κ2) is 7.78. The zero-order chi connectivity index (χ0) is 15.9. The van der Waals surface area contributed by atoms with E-state index in [2.05, 4.69) is 11.9 Å². The highest BCUT2D eigenvalue weighted by Crippen LogP contribution is 2.32. The summed E-state index contributed by atoms with van der Waals surface area (Å²) < 4.78 is 56.3. The van der Waals surface area contributed by atoms with Crippen molar-refractivity contribution in [1.82, 2.24) is 5.32 Å². The van der Waals surface area contributed by atoms with Gasteiger partial charge in [0.1, 0.15) is 5.82 Å². The Morgan fingerprint density at radius 1 is 1.33 bits per heavy atom. The fourth-order valence-electron chi connectivity index (χ4n) is 1.53. The van der Waals surface area contributed by atoms with Crippen molar-refractivity contribution in [1.29, 1.82) is 0 Å². The van der Waals surface area contributed by atoms with Gasteiger partial charge >= 0.3 is 6.18 Å². The van der Waals surface area contributed by atoms with Crippen molar-refractivity contribution in [2.24, 2.45) is 0 Å². The van der Waals surface area contributed by atoms with Gasteiger partial charge in [-0.2, -0.15) is 13.2 Å². The number of benzene rings is 1. The number of carbonyl (C=O) groups excluding carboxylic acids is 1. The first-order valence-corrected chi connectivity index (χ1v) is 6.20. The molecule has 0 heterocycles. The first-order chi connectivity index (χ1) is 9.88. The number of alkyl halides is 3. The molecule has 0 spiro atoms. The van der Waals surface area contributed by atoms with Gasteiger partial charge in [0.15, 0.2) is 0 Å². The summed E-state index contributed by atoms with van der Waals surface area (Å²) in [5.41, 5.74) is -2.10. The lowest BCUT2D eigenvalue weighted by Gasteiger charge is -2.11. The second-order valence-corrected chi connectivity index (χ2v) is 4.11. The van der Waals surface area contributed by atoms with Crippen LogP contribution in [-0.4, -0.2) is 25.7 Å². The van der Waals surface area contributed by atoms with E-state index < -0.39 is 29.0 Å². The molecule has 0 aromatic heterocycles. The molecule has 0 aliphatic carbocycles. The minimum Gasteiger partial charge on any atom is -0.379 e. The number of carbonyl (C=O) groups is 1. The predicted molar refractivity (Wildman–Crippen MR) is 69.4 cm³/mol. The molecule has 1 aromatic carbocycles. The van der Waals surface area contributed by atoms with Crippen LogP contribution in [0.1, 0.15) is 22.3 Å². The van der Waals surface area contributed by atoms with E-state index in [1.807, 2.05) is 0 Å². The van der Waals surface area contributed by atoms with Crippen LogP contribution in [0.4, 0.5) is 17.6 Å². The van der Waals surface area contributed by atoms with E-state index >= 15 is 0 Å². The summed E-state index contributed by atoms with van der Waals surface area (Å²) in [7, 11) is 0. The molecule has 1 amide bonds. The third-order valence-electron chi connectivity index (χ3n) is 2.55. The van der Waals surface area contributed by atoms with E-state index in [0.717, 1.165) is 12.1 Å². The molecule has 7 heteroatoms. The topological polar surface area (TPSA) is 38.3 Å². The minimum absolute atomic E-state index is 0.0751. The lowest BCUT2D eigenvalue weighted by molar-refractivity contribution is -0.140. The first-order valence-electron chi connectivity index (χ1n) is 6.20. The first kappa shape index (κ1) is 17.2. The maximum absolute atomic E-state index is 13.7. The molecule has 0 atom stereocenters. The third kappa shape index (κ3) is 5.18. The van der Waals surface area contributed by atoms with E-state index in [4.69, 9.17) is 4.74 Å². The fourth-order valence-corrected chi connectivity index (χ4v) is 1.53. The van der Waals surface area contributed by atoms with Crippen LogP contribution in [0, 0.1) is 5.82 Å². The molecule has 0 aliphatic rings. The van der Waals surface area contributed by atoms with Crippen molar-refractivity contribution in [2.45, 2.75) is 12.6 Å². The van der Waals surface area contributed by atoms with Gasteiger partial charge in [-0.25, -0.2) is 4.39 Å². The van der Waals surface area contributed by atoms with Crippen LogP contribution in [0.15, 0.2) is 30.9 Å². The zero-order valence-corrected chi connectivity index (χ0v) is 11.2. The Labute approximate surface area is 119 Å². The van der Waals surface area contributed by atoms with Gasteiger partial charge < -0.3 is 10.1 Å². The van der Waals surface area contributed by atoms with Crippen LogP contribution in [0.2, 0.25) is 0 Å². The second-order valence-electron chi connectivity index (χ2n) is 4.11. The average molecular weight is 305 g/mol. The van der Waals surface area contributed by atoms with Crippen molar-refractivity contribution >= 4 is 5.91 Å². The smallest absolute Gasteiger partial charge is 0.379 e. The Morgan fingerprint density at radius 2 is 2.05 bits per heavy atom. The molecular formula is C14H15F4NO2. The molecule has 116 valence electrons. The predicted octanol–water partition coefficient (Wildman–Crippen LogP) is 3.17. The molecule has 1 rings (SSSR count). The highest BCUT2D eigenvalue weighted by molar-refractivity contribution is 5.94. The molecule has 1 aromatic rings. The molecule has 0 fully saturated rings. The van der Waals surface area contributed by atoms with Crippen molar-refractivity contribution in [3.63, 3.8) is 0 Å². The highest BCUT2D eigenvalue weighted by atomic mass is 19.4. The van der Waals surface area contributed by atoms with E-state index in [9.17, 15) is 22.4 Å². The zero-order valence-electron chi connectivity index (χ0n) is 11.2. The van der Waals surface area contributed by atoms with Crippen LogP contribution >= 0.6 is 0 Å². The number of rotatable bonds is 7. The Morgan fingerprint density at radius 3 is 2.67 bits per heavy atom. The standard InChI is InChI=1S/C14H15F4NO2/c1-2-3-8-21-9-7-19-13(20)10-5-4-6-11(12(10)15)14(16,17)18/h2,4-6H,1,3,7-9H2,(H,19,20). The normalized spacial score (nSPS) is 11.2. The van der Waals surface area contributed by atoms with Crippen LogP contribution < -0.4 is 5.32 Å². The summed E-state index contributed by atoms with van der Waals surface area (Å²) in [5.74, 6) is -2.49. The maximum Gasteiger partial charge on any atom is 0.419 e. The number of nitrogens with one attached hydrogen (secondary N) is 1. The Hall–Kier alpha value is -1.89. The lowest BCUT2D eigenvalue weighted by Crippen LogP contribution is -2.28. The molecule has 0 unspecified atom stereocenters. The van der Waals surface area contributed by atoms with Crippen molar-refractivity contribution in [3.05, 3.63) is 47.8 Å². The Balaban J connectivity index is 2.61. The van der Waals surface area contributed by atoms with Crippen molar-refractivity contribution in [3.8, 4) is 0 Å². The molecule has 0 bridgehead atoms. The van der Waals surface area contributed by atoms with E-state index in [1.54, 1.807) is 6.08 Å². The van der Waals surface area contributed by atoms with Crippen molar-refractivity contribution < 1.29 is 27.1 Å². The molecule has 3 nitrogen and oxygen atoms in total. The third-order valence-corrected chi connectivity index (χ3v) is 2.55. The highest BCUT2D eigenvalue weighted by Gasteiger charge is 2.35. The van der Waals surface area contributed by atoms with Gasteiger partial charge in [-0.15, -0.1) is 6.58 Å². The Kier molecular flexibility index (Phi) is 6.36. The number of hydrogen-bond donors (Lipinski definition) is 1. The molecule has 1 N–H and O–H groups in total. The summed E-state index contributed by atoms with van der Waals surface area (Å²) >= 11 is 0. The number of amides is 1. The molecule has 0 aliphatic heterocycles. The summed E-state index contributed by atoms with van der Waals surface area (Å²) in [6.07, 6.45) is -2.53. The van der Waals surface area contributed by atoms with Crippen LogP contribution in [-0.2, 0) is 10.9 Å². The van der Waals surface area contributed by atoms with Gasteiger partial charge in [0, 0.05) is 6.54 Å². The van der Waals surface area contributed by atoms with Gasteiger partial charge in [-0.1, -0.05) is 12.1 Å². The van der Waals surface area contributed by atoms with Gasteiger partial charge in [0.25, 0.3) is 5.91 Å². The van der Waals surface area contributed by atoms with Crippen LogP contribution in [0.5, 0.6) is 0 Å². The van der Waals surface area contributed by atoms with Gasteiger partial charge in [0.2, 0.25) is 0 Å². The van der Waals surface area contributed by atoms with Gasteiger partial charge in [0.05, 0.1) is 24.3 Å². The van der Waals surface area contributed by atoms with Gasteiger partial charge in [-0.05, 0) is 18.6 Å². The summed E-state index contributed by atoms with van der Waals surface area (Å²) in [5, 5.41) is 2.30. The van der Waals surface area contributed by atoms with E-state index in [0.29, 0.717) is 19.1 Å². The monoisotopic (exact) mass is 305 g/mol. The summed E-state index contributed by atoms with van der Waals surface area (Å²) in [6, 6.07) is 2.57. The van der Waals surface area contributed by atoms with E-state index in [1.165, 1.54) is 0 Å². The SMILES string of the molecule is C=CCCOCCNC(=O)c1cccc(C(F)(F)F)c1F. The van der Waals surface area contributed by atoms with E-state index in [-0.39, 0.29) is 13.2 Å². The largest absolute Gasteiger partial charge is 0.419 e. The Bertz CT molecular complexity index is 500. The lowest BCUT2D eigenvalue weighted by atomic mass is 10.1. The molecular weight excluding hydrogens is 290 g/mol. The van der Waals surface area contributed by atoms with Gasteiger partial charge in [-0.3, -0.25) is 4.79 Å². The summed E-state index contributed by atoms with van der Waals surface area (Å²) in [6.45, 7) is 4.18. The minimum atomic E-state index is -4.84. The quantitative estimate of drug-likeness (QED) is 0.477.